The average molecular weight is 325 g/mol. The summed E-state index contributed by atoms with van der Waals surface area (Å²) in [6, 6.07) is 29.6. The molecule has 0 heterocycles. The van der Waals surface area contributed by atoms with Crippen molar-refractivity contribution in [3.05, 3.63) is 108 Å². The third-order valence-electron chi connectivity index (χ3n) is 4.22. The molecule has 0 fully saturated rings. The van der Waals surface area contributed by atoms with E-state index in [-0.39, 0.29) is 36.0 Å². The molecule has 24 heavy (non-hydrogen) atoms. The summed E-state index contributed by atoms with van der Waals surface area (Å²) < 4.78 is 0. The number of benzene rings is 3. The molecule has 0 saturated heterocycles. The predicted octanol–water partition coefficient (Wildman–Crippen LogP) is 4.11. The first-order chi connectivity index (χ1) is 11.2. The first-order valence-electron chi connectivity index (χ1n) is 7.62. The maximum Gasteiger partial charge on any atom is 0.304 e. The molecule has 0 bridgehead atoms. The van der Waals surface area contributed by atoms with E-state index in [1.807, 2.05) is 91.0 Å². The molecule has 0 spiro atoms. The summed E-state index contributed by atoms with van der Waals surface area (Å²) in [7, 11) is 0. The van der Waals surface area contributed by atoms with Crippen molar-refractivity contribution in [1.29, 1.82) is 0 Å². The topological polar surface area (TPSA) is 37.3 Å². The van der Waals surface area contributed by atoms with Crippen LogP contribution in [0.2, 0.25) is 0 Å². The Morgan fingerprint density at radius 2 is 0.958 bits per heavy atom. The third-order valence-corrected chi connectivity index (χ3v) is 4.22. The molecule has 0 aliphatic carbocycles. The predicted molar refractivity (Wildman–Crippen MR) is 97.2 cm³/mol. The quantitative estimate of drug-likeness (QED) is 0.566. The van der Waals surface area contributed by atoms with E-state index in [2.05, 4.69) is 0 Å². The number of hydrogen-bond donors (Lipinski definition) is 1. The number of rotatable bonds is 5. The zero-order chi connectivity index (χ0) is 16.1. The van der Waals surface area contributed by atoms with Gasteiger partial charge < -0.3 is 5.11 Å². The van der Waals surface area contributed by atoms with E-state index in [1.54, 1.807) is 0 Å². The van der Waals surface area contributed by atoms with Crippen LogP contribution < -0.4 is 0 Å². The van der Waals surface area contributed by atoms with Crippen LogP contribution >= 0.6 is 0 Å². The maximum atomic E-state index is 11.7. The van der Waals surface area contributed by atoms with Crippen molar-refractivity contribution in [2.75, 3.05) is 0 Å². The van der Waals surface area contributed by atoms with Gasteiger partial charge in [-0.05, 0) is 16.7 Å². The number of carboxylic acids is 1. The van der Waals surface area contributed by atoms with Crippen LogP contribution in [0.15, 0.2) is 91.0 Å². The second-order valence-corrected chi connectivity index (χ2v) is 5.57. The molecule has 1 radical (unpaired) electrons. The molecular formula is C21H18NaO2. The van der Waals surface area contributed by atoms with Gasteiger partial charge >= 0.3 is 5.97 Å². The van der Waals surface area contributed by atoms with E-state index in [4.69, 9.17) is 0 Å². The van der Waals surface area contributed by atoms with Crippen LogP contribution in [0.3, 0.4) is 0 Å². The standard InChI is InChI=1S/C21H18O2.Na/c22-20(23)16-21(17-10-4-1-5-11-17,18-12-6-2-7-13-18)19-14-8-3-9-15-19;/h1-15H,16H2,(H,22,23);. The zero-order valence-electron chi connectivity index (χ0n) is 13.7. The van der Waals surface area contributed by atoms with Crippen molar-refractivity contribution in [3.8, 4) is 0 Å². The van der Waals surface area contributed by atoms with E-state index in [0.29, 0.717) is 0 Å². The molecule has 3 aromatic carbocycles. The van der Waals surface area contributed by atoms with Crippen molar-refractivity contribution in [1.82, 2.24) is 0 Å². The Morgan fingerprint density at radius 1 is 0.667 bits per heavy atom. The van der Waals surface area contributed by atoms with E-state index >= 15 is 0 Å². The molecular weight excluding hydrogens is 307 g/mol. The largest absolute Gasteiger partial charge is 0.481 e. The maximum absolute atomic E-state index is 11.7. The van der Waals surface area contributed by atoms with Gasteiger partial charge in [0, 0.05) is 29.6 Å². The van der Waals surface area contributed by atoms with Crippen molar-refractivity contribution in [2.45, 2.75) is 11.8 Å². The fourth-order valence-corrected chi connectivity index (χ4v) is 3.20. The van der Waals surface area contributed by atoms with E-state index < -0.39 is 11.4 Å². The Balaban J connectivity index is 0.00000208. The van der Waals surface area contributed by atoms with Crippen molar-refractivity contribution >= 4 is 35.5 Å². The van der Waals surface area contributed by atoms with Crippen LogP contribution in [0, 0.1) is 0 Å². The fourth-order valence-electron chi connectivity index (χ4n) is 3.20. The van der Waals surface area contributed by atoms with Gasteiger partial charge in [0.25, 0.3) is 0 Å². The summed E-state index contributed by atoms with van der Waals surface area (Å²) in [6.07, 6.45) is 0.00500. The molecule has 0 unspecified atom stereocenters. The minimum absolute atomic E-state index is 0. The molecule has 0 aliphatic heterocycles. The minimum Gasteiger partial charge on any atom is -0.481 e. The van der Waals surface area contributed by atoms with Gasteiger partial charge in [-0.15, -0.1) is 0 Å². The summed E-state index contributed by atoms with van der Waals surface area (Å²) in [5.41, 5.74) is 2.26. The summed E-state index contributed by atoms with van der Waals surface area (Å²) in [4.78, 5) is 11.7. The van der Waals surface area contributed by atoms with Crippen LogP contribution in [0.5, 0.6) is 0 Å². The Labute approximate surface area is 164 Å². The van der Waals surface area contributed by atoms with Gasteiger partial charge in [-0.1, -0.05) is 91.0 Å². The van der Waals surface area contributed by atoms with Crippen LogP contribution in [-0.2, 0) is 10.2 Å². The zero-order valence-corrected chi connectivity index (χ0v) is 15.7. The van der Waals surface area contributed by atoms with Crippen LogP contribution in [-0.4, -0.2) is 40.6 Å². The average Bonchev–Trinajstić information content (AvgIpc) is 2.62. The molecule has 0 atom stereocenters. The van der Waals surface area contributed by atoms with Crippen LogP contribution in [0.4, 0.5) is 0 Å². The van der Waals surface area contributed by atoms with Gasteiger partial charge in [-0.2, -0.15) is 0 Å². The molecule has 0 saturated carbocycles. The number of aliphatic carboxylic acids is 1. The summed E-state index contributed by atoms with van der Waals surface area (Å²) >= 11 is 0. The molecule has 2 nitrogen and oxygen atoms in total. The van der Waals surface area contributed by atoms with E-state index in [9.17, 15) is 9.90 Å². The summed E-state index contributed by atoms with van der Waals surface area (Å²) in [5, 5.41) is 9.63. The SMILES string of the molecule is O=C(O)CC(c1ccccc1)(c1ccccc1)c1ccccc1.[Na]. The van der Waals surface area contributed by atoms with Gasteiger partial charge in [-0.3, -0.25) is 4.79 Å². The van der Waals surface area contributed by atoms with Crippen molar-refractivity contribution in [2.24, 2.45) is 0 Å². The Bertz CT molecular complexity index is 674. The van der Waals surface area contributed by atoms with Gasteiger partial charge in [0.05, 0.1) is 11.8 Å². The van der Waals surface area contributed by atoms with Gasteiger partial charge in [-0.25, -0.2) is 0 Å². The second kappa shape index (κ2) is 8.29. The van der Waals surface area contributed by atoms with Crippen LogP contribution in [0.1, 0.15) is 23.1 Å². The van der Waals surface area contributed by atoms with Crippen molar-refractivity contribution in [3.63, 3.8) is 0 Å². The molecule has 3 heteroatoms. The first kappa shape index (κ1) is 18.5. The molecule has 3 rings (SSSR count). The Morgan fingerprint density at radius 3 is 1.21 bits per heavy atom. The van der Waals surface area contributed by atoms with Gasteiger partial charge in [0.15, 0.2) is 0 Å². The van der Waals surface area contributed by atoms with Gasteiger partial charge in [0.2, 0.25) is 0 Å². The number of carbonyl (C=O) groups is 1. The second-order valence-electron chi connectivity index (χ2n) is 5.57. The normalized spacial score (nSPS) is 10.7. The smallest absolute Gasteiger partial charge is 0.304 e. The van der Waals surface area contributed by atoms with E-state index in [1.165, 1.54) is 0 Å². The molecule has 0 amide bonds. The molecule has 0 aliphatic rings. The first-order valence-corrected chi connectivity index (χ1v) is 7.62. The third kappa shape index (κ3) is 3.62. The molecule has 3 aromatic rings. The summed E-state index contributed by atoms with van der Waals surface area (Å²) in [6.45, 7) is 0. The number of carboxylic acid groups (broad SMARTS) is 1. The minimum atomic E-state index is -0.818. The van der Waals surface area contributed by atoms with Gasteiger partial charge in [0.1, 0.15) is 0 Å². The molecule has 0 aromatic heterocycles. The molecule has 115 valence electrons. The van der Waals surface area contributed by atoms with Crippen molar-refractivity contribution < 1.29 is 9.90 Å². The fraction of sp³-hybridized carbons (Fsp3) is 0.0952. The Kier molecular flexibility index (Phi) is 6.38. The van der Waals surface area contributed by atoms with Crippen LogP contribution in [0.25, 0.3) is 0 Å². The molecule has 1 N–H and O–H groups in total. The Hall–Kier alpha value is -1.87. The number of hydrogen-bond acceptors (Lipinski definition) is 1. The van der Waals surface area contributed by atoms with E-state index in [0.717, 1.165) is 16.7 Å². The monoisotopic (exact) mass is 325 g/mol. The summed E-state index contributed by atoms with van der Waals surface area (Å²) in [5.74, 6) is -0.818.